The Hall–Kier alpha value is -3.41. The molecule has 0 saturated carbocycles. The highest BCUT2D eigenvalue weighted by Crippen LogP contribution is 2.32. The number of aromatic nitrogens is 2. The minimum Gasteiger partial charge on any atom is -0.497 e. The highest BCUT2D eigenvalue weighted by Gasteiger charge is 2.28. The van der Waals surface area contributed by atoms with Crippen LogP contribution >= 0.6 is 0 Å². The Bertz CT molecular complexity index is 1000. The van der Waals surface area contributed by atoms with Crippen molar-refractivity contribution in [1.29, 1.82) is 0 Å². The van der Waals surface area contributed by atoms with E-state index >= 15 is 0 Å². The van der Waals surface area contributed by atoms with Gasteiger partial charge in [-0.1, -0.05) is 31.2 Å². The van der Waals surface area contributed by atoms with Gasteiger partial charge in [0.2, 0.25) is 5.95 Å². The third kappa shape index (κ3) is 3.81. The van der Waals surface area contributed by atoms with Gasteiger partial charge in [0.05, 0.1) is 18.4 Å². The molecule has 6 heteroatoms. The zero-order valence-electron chi connectivity index (χ0n) is 15.9. The Morgan fingerprint density at radius 3 is 2.54 bits per heavy atom. The first-order chi connectivity index (χ1) is 13.6. The Kier molecular flexibility index (Phi) is 4.93. The molecule has 0 bridgehead atoms. The van der Waals surface area contributed by atoms with E-state index in [2.05, 4.69) is 27.5 Å². The zero-order chi connectivity index (χ0) is 19.5. The number of fused-ring (bicyclic) bond motifs is 1. The molecule has 1 unspecified atom stereocenters. The lowest BCUT2D eigenvalue weighted by molar-refractivity contribution is 0.0953. The van der Waals surface area contributed by atoms with E-state index in [4.69, 9.17) is 4.74 Å². The number of benzene rings is 2. The molecule has 0 radical (unpaired) electrons. The molecular weight excluding hydrogens is 352 g/mol. The minimum atomic E-state index is 0.0834. The van der Waals surface area contributed by atoms with Crippen molar-refractivity contribution in [1.82, 2.24) is 9.97 Å². The summed E-state index contributed by atoms with van der Waals surface area (Å²) in [4.78, 5) is 22.0. The van der Waals surface area contributed by atoms with Crippen LogP contribution in [0.5, 0.6) is 5.75 Å². The molecule has 1 aliphatic carbocycles. The number of Topliss-reactive ketones (excluding diaryl/α,β-unsaturated/α-hetero) is 1. The van der Waals surface area contributed by atoms with Crippen LogP contribution in [0.25, 0.3) is 0 Å². The maximum atomic E-state index is 12.7. The number of carbonyl (C=O) groups is 1. The highest BCUT2D eigenvalue weighted by molar-refractivity contribution is 6.03. The number of ketones is 1. The van der Waals surface area contributed by atoms with Crippen molar-refractivity contribution >= 4 is 28.9 Å². The number of para-hydroxylation sites is 1. The second-order valence-corrected chi connectivity index (χ2v) is 7.00. The first-order valence-electron chi connectivity index (χ1n) is 9.29. The quantitative estimate of drug-likeness (QED) is 0.672. The molecule has 28 heavy (non-hydrogen) atoms. The number of rotatable bonds is 5. The Morgan fingerprint density at radius 1 is 0.964 bits per heavy atom. The summed E-state index contributed by atoms with van der Waals surface area (Å²) in [6.07, 6.45) is 1.27. The van der Waals surface area contributed by atoms with E-state index in [1.807, 2.05) is 54.6 Å². The number of methoxy groups -OCH3 is 1. The summed E-state index contributed by atoms with van der Waals surface area (Å²) in [5.74, 6) is 2.09. The van der Waals surface area contributed by atoms with Crippen molar-refractivity contribution in [3.63, 3.8) is 0 Å². The molecule has 1 aromatic heterocycles. The van der Waals surface area contributed by atoms with Crippen LogP contribution in [0.2, 0.25) is 0 Å². The van der Waals surface area contributed by atoms with E-state index in [1.165, 1.54) is 0 Å². The molecule has 2 aromatic carbocycles. The first-order valence-corrected chi connectivity index (χ1v) is 9.29. The molecule has 0 fully saturated rings. The van der Waals surface area contributed by atoms with Gasteiger partial charge in [0.1, 0.15) is 11.6 Å². The summed E-state index contributed by atoms with van der Waals surface area (Å²) >= 11 is 0. The Morgan fingerprint density at radius 2 is 1.75 bits per heavy atom. The molecular formula is C22H22N4O2. The van der Waals surface area contributed by atoms with Gasteiger partial charge in [-0.15, -0.1) is 0 Å². The normalized spacial score (nSPS) is 15.6. The molecule has 2 N–H and O–H groups in total. The van der Waals surface area contributed by atoms with Crippen molar-refractivity contribution < 1.29 is 9.53 Å². The summed E-state index contributed by atoms with van der Waals surface area (Å²) in [6.45, 7) is 2.07. The number of hydrogen-bond donors (Lipinski definition) is 2. The monoisotopic (exact) mass is 374 g/mol. The van der Waals surface area contributed by atoms with E-state index in [1.54, 1.807) is 7.11 Å². The standard InChI is InChI=1S/C22H22N4O2/c1-14-11-18-20(19(27)12-14)21(23-15-7-4-3-5-8-15)26-22(25-18)24-16-9-6-10-17(13-16)28-2/h3-10,13-14H,11-12H2,1-2H3,(H2,23,24,25,26). The Labute approximate surface area is 164 Å². The van der Waals surface area contributed by atoms with Crippen molar-refractivity contribution in [2.24, 2.45) is 5.92 Å². The van der Waals surface area contributed by atoms with Crippen molar-refractivity contribution in [3.05, 3.63) is 65.9 Å². The third-order valence-electron chi connectivity index (χ3n) is 4.70. The topological polar surface area (TPSA) is 76.1 Å². The second kappa shape index (κ2) is 7.68. The first kappa shape index (κ1) is 18.0. The van der Waals surface area contributed by atoms with Gasteiger partial charge in [-0.05, 0) is 36.6 Å². The zero-order valence-corrected chi connectivity index (χ0v) is 15.9. The summed E-state index contributed by atoms with van der Waals surface area (Å²) in [5.41, 5.74) is 3.07. The summed E-state index contributed by atoms with van der Waals surface area (Å²) in [6, 6.07) is 17.3. The molecule has 1 atom stereocenters. The molecule has 3 aromatic rings. The molecule has 1 heterocycles. The van der Waals surface area contributed by atoms with E-state index in [0.717, 1.165) is 29.2 Å². The smallest absolute Gasteiger partial charge is 0.229 e. The predicted molar refractivity (Wildman–Crippen MR) is 110 cm³/mol. The van der Waals surface area contributed by atoms with E-state index in [-0.39, 0.29) is 11.7 Å². The van der Waals surface area contributed by atoms with Crippen molar-refractivity contribution in [2.45, 2.75) is 19.8 Å². The summed E-state index contributed by atoms with van der Waals surface area (Å²) in [7, 11) is 1.63. The van der Waals surface area contributed by atoms with Gasteiger partial charge in [-0.2, -0.15) is 4.98 Å². The molecule has 0 amide bonds. The van der Waals surface area contributed by atoms with Gasteiger partial charge in [-0.3, -0.25) is 4.79 Å². The van der Waals surface area contributed by atoms with Crippen LogP contribution in [0, 0.1) is 5.92 Å². The van der Waals surface area contributed by atoms with Crippen LogP contribution in [0.3, 0.4) is 0 Å². The molecule has 0 spiro atoms. The van der Waals surface area contributed by atoms with Gasteiger partial charge >= 0.3 is 0 Å². The van der Waals surface area contributed by atoms with E-state index in [9.17, 15) is 4.79 Å². The lowest BCUT2D eigenvalue weighted by atomic mass is 9.87. The van der Waals surface area contributed by atoms with E-state index < -0.39 is 0 Å². The lowest BCUT2D eigenvalue weighted by Crippen LogP contribution is -2.22. The van der Waals surface area contributed by atoms with Crippen LogP contribution in [-0.2, 0) is 6.42 Å². The molecule has 0 saturated heterocycles. The third-order valence-corrected chi connectivity index (χ3v) is 4.70. The number of anilines is 4. The summed E-state index contributed by atoms with van der Waals surface area (Å²) < 4.78 is 5.28. The fraction of sp³-hybridized carbons (Fsp3) is 0.227. The molecule has 142 valence electrons. The van der Waals surface area contributed by atoms with Gasteiger partial charge in [0.25, 0.3) is 0 Å². The largest absolute Gasteiger partial charge is 0.497 e. The number of nitrogens with zero attached hydrogens (tertiary/aromatic N) is 2. The van der Waals surface area contributed by atoms with Gasteiger partial charge < -0.3 is 15.4 Å². The van der Waals surface area contributed by atoms with Crippen molar-refractivity contribution in [3.8, 4) is 5.75 Å². The highest BCUT2D eigenvalue weighted by atomic mass is 16.5. The average molecular weight is 374 g/mol. The van der Waals surface area contributed by atoms with Gasteiger partial charge in [0, 0.05) is 23.9 Å². The molecule has 0 aliphatic heterocycles. The minimum absolute atomic E-state index is 0.0834. The lowest BCUT2D eigenvalue weighted by Gasteiger charge is -2.23. The van der Waals surface area contributed by atoms with Crippen LogP contribution < -0.4 is 15.4 Å². The molecule has 6 nitrogen and oxygen atoms in total. The van der Waals surface area contributed by atoms with Gasteiger partial charge in [0.15, 0.2) is 5.78 Å². The maximum Gasteiger partial charge on any atom is 0.229 e. The fourth-order valence-corrected chi connectivity index (χ4v) is 3.40. The van der Waals surface area contributed by atoms with E-state index in [0.29, 0.717) is 23.8 Å². The average Bonchev–Trinajstić information content (AvgIpc) is 2.68. The molecule has 4 rings (SSSR count). The van der Waals surface area contributed by atoms with Crippen LogP contribution in [-0.4, -0.2) is 22.9 Å². The number of nitrogens with one attached hydrogen (secondary N) is 2. The predicted octanol–water partition coefficient (Wildman–Crippen LogP) is 4.74. The van der Waals surface area contributed by atoms with Crippen LogP contribution in [0.1, 0.15) is 29.4 Å². The molecule has 1 aliphatic rings. The van der Waals surface area contributed by atoms with Crippen LogP contribution in [0.15, 0.2) is 54.6 Å². The summed E-state index contributed by atoms with van der Waals surface area (Å²) in [5, 5.41) is 6.52. The second-order valence-electron chi connectivity index (χ2n) is 7.00. The van der Waals surface area contributed by atoms with Gasteiger partial charge in [-0.25, -0.2) is 4.98 Å². The number of carbonyl (C=O) groups excluding carboxylic acids is 1. The van der Waals surface area contributed by atoms with Crippen molar-refractivity contribution in [2.75, 3.05) is 17.7 Å². The number of hydrogen-bond acceptors (Lipinski definition) is 6. The number of ether oxygens (including phenoxy) is 1. The van der Waals surface area contributed by atoms with Crippen LogP contribution in [0.4, 0.5) is 23.1 Å². The maximum absolute atomic E-state index is 12.7. The fourth-order valence-electron chi connectivity index (χ4n) is 3.40. The Balaban J connectivity index is 1.74. The SMILES string of the molecule is COc1cccc(Nc2nc3c(c(Nc4ccccc4)n2)C(=O)CC(C)C3)c1.